The maximum atomic E-state index is 6.58. The van der Waals surface area contributed by atoms with Gasteiger partial charge in [0.2, 0.25) is 0 Å². The van der Waals surface area contributed by atoms with E-state index in [1.807, 2.05) is 36.4 Å². The molecule has 1 aliphatic heterocycles. The molecule has 0 bridgehead atoms. The van der Waals surface area contributed by atoms with Crippen molar-refractivity contribution in [2.45, 2.75) is 31.9 Å². The van der Waals surface area contributed by atoms with Gasteiger partial charge in [-0.25, -0.2) is 0 Å². The average Bonchev–Trinajstić information content (AvgIpc) is 3.47. The Kier molecular flexibility index (Phi) is 7.55. The van der Waals surface area contributed by atoms with Gasteiger partial charge < -0.3 is 14.8 Å². The highest BCUT2D eigenvalue weighted by atomic mass is 35.5. The van der Waals surface area contributed by atoms with Crippen LogP contribution in [-0.2, 0) is 6.61 Å². The highest BCUT2D eigenvalue weighted by Gasteiger charge is 2.37. The van der Waals surface area contributed by atoms with Crippen LogP contribution in [0.25, 0.3) is 0 Å². The number of benzene rings is 4. The van der Waals surface area contributed by atoms with Crippen LogP contribution in [0.1, 0.15) is 46.2 Å². The molecule has 0 saturated carbocycles. The molecule has 40 heavy (non-hydrogen) atoms. The Morgan fingerprint density at radius 2 is 1.77 bits per heavy atom. The molecule has 4 aromatic rings. The van der Waals surface area contributed by atoms with E-state index in [0.717, 1.165) is 23.2 Å². The number of methoxy groups -OCH3 is 1. The number of nitrogens with one attached hydrogen (secondary N) is 1. The van der Waals surface area contributed by atoms with E-state index in [4.69, 9.17) is 37.7 Å². The fourth-order valence-electron chi connectivity index (χ4n) is 5.65. The molecule has 4 aromatic carbocycles. The third kappa shape index (κ3) is 5.47. The fraction of sp³-hybridized carbons (Fsp3) is 0.206. The van der Waals surface area contributed by atoms with Gasteiger partial charge in [-0.05, 0) is 84.0 Å². The quantitative estimate of drug-likeness (QED) is 0.178. The smallest absolute Gasteiger partial charge is 0.180 e. The lowest BCUT2D eigenvalue weighted by molar-refractivity contribution is 0.284. The Morgan fingerprint density at radius 3 is 2.55 bits per heavy atom. The van der Waals surface area contributed by atoms with E-state index in [0.29, 0.717) is 40.0 Å². The van der Waals surface area contributed by atoms with Gasteiger partial charge in [0.15, 0.2) is 11.5 Å². The summed E-state index contributed by atoms with van der Waals surface area (Å²) in [7, 11) is 1.60. The van der Waals surface area contributed by atoms with Crippen molar-refractivity contribution in [2.75, 3.05) is 12.4 Å². The summed E-state index contributed by atoms with van der Waals surface area (Å²) in [5, 5.41) is 4.96. The Labute approximate surface area is 245 Å². The molecule has 0 saturated heterocycles. The van der Waals surface area contributed by atoms with Gasteiger partial charge in [-0.15, -0.1) is 0 Å². The topological polar surface area (TPSA) is 42.8 Å². The van der Waals surface area contributed by atoms with Crippen molar-refractivity contribution in [3.05, 3.63) is 129 Å². The standard InChI is InChI=1S/C34H30Cl2N2O2/c1-21-6-15-31-29(16-21)27-4-3-5-28(27)33(38-31)24-9-13-26(14-10-24)37-19-23-17-30(36)34(32(18-23)39-2)40-20-22-7-11-25(35)12-8-22/h3-4,6-19,27-28,33,38H,5,20H2,1-2H3/t27-,28+,33+/m1/s1. The summed E-state index contributed by atoms with van der Waals surface area (Å²) in [5.74, 6) is 2.02. The van der Waals surface area contributed by atoms with E-state index < -0.39 is 0 Å². The molecule has 1 aliphatic carbocycles. The first kappa shape index (κ1) is 26.5. The zero-order valence-electron chi connectivity index (χ0n) is 22.4. The number of nitrogens with zero attached hydrogens (tertiary/aromatic N) is 1. The number of aryl methyl sites for hydroxylation is 1. The largest absolute Gasteiger partial charge is 0.493 e. The zero-order valence-corrected chi connectivity index (χ0v) is 23.9. The predicted molar refractivity (Wildman–Crippen MR) is 165 cm³/mol. The molecule has 0 spiro atoms. The van der Waals surface area contributed by atoms with E-state index in [-0.39, 0.29) is 6.04 Å². The molecule has 0 radical (unpaired) electrons. The van der Waals surface area contributed by atoms with Gasteiger partial charge in [0.25, 0.3) is 0 Å². The molecule has 0 aromatic heterocycles. The maximum Gasteiger partial charge on any atom is 0.180 e. The third-order valence-corrected chi connectivity index (χ3v) is 8.21. The van der Waals surface area contributed by atoms with Crippen LogP contribution < -0.4 is 14.8 Å². The Morgan fingerprint density at radius 1 is 0.975 bits per heavy atom. The molecule has 1 N–H and O–H groups in total. The first-order chi connectivity index (χ1) is 19.5. The lowest BCUT2D eigenvalue weighted by atomic mass is 9.76. The van der Waals surface area contributed by atoms with Crippen molar-refractivity contribution >= 4 is 40.8 Å². The van der Waals surface area contributed by atoms with Gasteiger partial charge in [0.1, 0.15) is 6.61 Å². The monoisotopic (exact) mass is 568 g/mol. The number of halogens is 2. The van der Waals surface area contributed by atoms with E-state index in [1.165, 1.54) is 22.4 Å². The van der Waals surface area contributed by atoms with Gasteiger partial charge in [-0.1, -0.05) is 77.3 Å². The summed E-state index contributed by atoms with van der Waals surface area (Å²) in [5.41, 5.74) is 7.90. The molecule has 2 aliphatic rings. The van der Waals surface area contributed by atoms with Crippen LogP contribution in [0.2, 0.25) is 10.0 Å². The van der Waals surface area contributed by atoms with Crippen LogP contribution in [0, 0.1) is 12.8 Å². The number of aliphatic imine (C=N–C) groups is 1. The lowest BCUT2D eigenvalue weighted by Crippen LogP contribution is -2.29. The molecule has 6 heteroatoms. The predicted octanol–water partition coefficient (Wildman–Crippen LogP) is 9.47. The van der Waals surface area contributed by atoms with Crippen LogP contribution in [0.4, 0.5) is 11.4 Å². The number of hydrogen-bond donors (Lipinski definition) is 1. The van der Waals surface area contributed by atoms with Crippen LogP contribution in [0.5, 0.6) is 11.5 Å². The first-order valence-electron chi connectivity index (χ1n) is 13.4. The third-order valence-electron chi connectivity index (χ3n) is 7.68. The minimum Gasteiger partial charge on any atom is -0.493 e. The number of hydrogen-bond acceptors (Lipinski definition) is 4. The second-order valence-electron chi connectivity index (χ2n) is 10.4. The van der Waals surface area contributed by atoms with Crippen molar-refractivity contribution < 1.29 is 9.47 Å². The first-order valence-corrected chi connectivity index (χ1v) is 14.2. The molecular formula is C34H30Cl2N2O2. The van der Waals surface area contributed by atoms with E-state index in [2.05, 4.69) is 66.9 Å². The van der Waals surface area contributed by atoms with Crippen LogP contribution in [0.15, 0.2) is 96.0 Å². The molecule has 4 nitrogen and oxygen atoms in total. The van der Waals surface area contributed by atoms with Crippen molar-refractivity contribution in [3.63, 3.8) is 0 Å². The minimum atomic E-state index is 0.261. The van der Waals surface area contributed by atoms with Crippen molar-refractivity contribution in [1.82, 2.24) is 0 Å². The maximum absolute atomic E-state index is 6.58. The van der Waals surface area contributed by atoms with Crippen molar-refractivity contribution in [2.24, 2.45) is 10.9 Å². The van der Waals surface area contributed by atoms with Crippen LogP contribution >= 0.6 is 23.2 Å². The van der Waals surface area contributed by atoms with Gasteiger partial charge in [-0.3, -0.25) is 4.99 Å². The Bertz CT molecular complexity index is 1580. The van der Waals surface area contributed by atoms with Crippen molar-refractivity contribution in [3.8, 4) is 11.5 Å². The molecule has 0 unspecified atom stereocenters. The number of rotatable bonds is 7. The van der Waals surface area contributed by atoms with E-state index >= 15 is 0 Å². The van der Waals surface area contributed by atoms with Crippen molar-refractivity contribution in [1.29, 1.82) is 0 Å². The number of anilines is 1. The summed E-state index contributed by atoms with van der Waals surface area (Å²) >= 11 is 12.6. The SMILES string of the molecule is COc1cc(C=Nc2ccc([C@@H]3Nc4ccc(C)cc4[C@@H]4C=CC[C@@H]43)cc2)cc(Cl)c1OCc1ccc(Cl)cc1. The number of ether oxygens (including phenoxy) is 2. The summed E-state index contributed by atoms with van der Waals surface area (Å²) in [6, 6.07) is 26.7. The second-order valence-corrected chi connectivity index (χ2v) is 11.2. The second kappa shape index (κ2) is 11.4. The lowest BCUT2D eigenvalue weighted by Gasteiger charge is -2.37. The molecule has 1 heterocycles. The van der Waals surface area contributed by atoms with Gasteiger partial charge in [0, 0.05) is 22.8 Å². The highest BCUT2D eigenvalue weighted by molar-refractivity contribution is 6.32. The van der Waals surface area contributed by atoms with E-state index in [9.17, 15) is 0 Å². The normalized spacial score (nSPS) is 19.2. The highest BCUT2D eigenvalue weighted by Crippen LogP contribution is 2.50. The molecule has 3 atom stereocenters. The number of fused-ring (bicyclic) bond motifs is 3. The fourth-order valence-corrected chi connectivity index (χ4v) is 6.05. The Hall–Kier alpha value is -3.73. The molecule has 6 rings (SSSR count). The minimum absolute atomic E-state index is 0.261. The van der Waals surface area contributed by atoms with Gasteiger partial charge in [0.05, 0.1) is 23.9 Å². The summed E-state index contributed by atoms with van der Waals surface area (Å²) < 4.78 is 11.5. The van der Waals surface area contributed by atoms with Gasteiger partial charge >= 0.3 is 0 Å². The summed E-state index contributed by atoms with van der Waals surface area (Å²) in [4.78, 5) is 4.70. The Balaban J connectivity index is 1.16. The van der Waals surface area contributed by atoms with Crippen LogP contribution in [-0.4, -0.2) is 13.3 Å². The summed E-state index contributed by atoms with van der Waals surface area (Å²) in [6.45, 7) is 2.51. The zero-order chi connectivity index (χ0) is 27.6. The van der Waals surface area contributed by atoms with Gasteiger partial charge in [-0.2, -0.15) is 0 Å². The molecule has 0 amide bonds. The molecule has 202 valence electrons. The number of allylic oxidation sites excluding steroid dienone is 2. The molecule has 0 fully saturated rings. The van der Waals surface area contributed by atoms with E-state index in [1.54, 1.807) is 13.3 Å². The molecular weight excluding hydrogens is 539 g/mol. The average molecular weight is 570 g/mol. The summed E-state index contributed by atoms with van der Waals surface area (Å²) in [6.07, 6.45) is 7.58. The van der Waals surface area contributed by atoms with Crippen LogP contribution in [0.3, 0.4) is 0 Å².